The van der Waals surface area contributed by atoms with Gasteiger partial charge in [0.1, 0.15) is 0 Å². The highest BCUT2D eigenvalue weighted by Gasteiger charge is 2.29. The topological polar surface area (TPSA) is 66.6 Å². The van der Waals surface area contributed by atoms with Crippen LogP contribution in [0.2, 0.25) is 0 Å². The molecule has 2 rings (SSSR count). The van der Waals surface area contributed by atoms with Crippen molar-refractivity contribution in [1.29, 1.82) is 0 Å². The Morgan fingerprint density at radius 2 is 1.89 bits per heavy atom. The molecule has 0 radical (unpaired) electrons. The maximum Gasteiger partial charge on any atom is 0.282 e. The first kappa shape index (κ1) is 13.3. The lowest BCUT2D eigenvalue weighted by atomic mass is 10.2. The Bertz CT molecular complexity index is 510. The van der Waals surface area contributed by atoms with E-state index in [1.807, 2.05) is 18.2 Å². The van der Waals surface area contributed by atoms with Gasteiger partial charge in [0.2, 0.25) is 0 Å². The third-order valence-electron chi connectivity index (χ3n) is 3.23. The zero-order valence-corrected chi connectivity index (χ0v) is 11.4. The van der Waals surface area contributed by atoms with Crippen LogP contribution in [0.4, 0.5) is 5.69 Å². The van der Waals surface area contributed by atoms with Crippen molar-refractivity contribution < 1.29 is 8.42 Å². The number of nitrogens with zero attached hydrogens (tertiary/aromatic N) is 2. The van der Waals surface area contributed by atoms with Gasteiger partial charge in [-0.3, -0.25) is 0 Å². The first-order valence-corrected chi connectivity index (χ1v) is 7.46. The number of anilines is 1. The second-order valence-corrected chi connectivity index (χ2v) is 6.60. The summed E-state index contributed by atoms with van der Waals surface area (Å²) in [6.45, 7) is 1.55. The van der Waals surface area contributed by atoms with Crippen LogP contribution in [-0.4, -0.2) is 37.2 Å². The summed E-state index contributed by atoms with van der Waals surface area (Å²) in [5.41, 5.74) is 7.29. The summed E-state index contributed by atoms with van der Waals surface area (Å²) in [4.78, 5) is 0. The van der Waals surface area contributed by atoms with E-state index in [0.717, 1.165) is 18.4 Å². The van der Waals surface area contributed by atoms with Gasteiger partial charge in [0, 0.05) is 32.4 Å². The summed E-state index contributed by atoms with van der Waals surface area (Å²) >= 11 is 0. The first-order valence-electron chi connectivity index (χ1n) is 6.06. The number of rotatable bonds is 4. The molecule has 1 aromatic carbocycles. The van der Waals surface area contributed by atoms with E-state index in [0.29, 0.717) is 25.3 Å². The monoisotopic (exact) mass is 269 g/mol. The van der Waals surface area contributed by atoms with Crippen molar-refractivity contribution in [3.05, 3.63) is 29.8 Å². The molecule has 100 valence electrons. The Balaban J connectivity index is 2.12. The molecule has 0 saturated carbocycles. The highest BCUT2D eigenvalue weighted by Crippen LogP contribution is 2.19. The highest BCUT2D eigenvalue weighted by atomic mass is 32.2. The van der Waals surface area contributed by atoms with Crippen LogP contribution < -0.4 is 5.73 Å². The molecule has 1 fully saturated rings. The van der Waals surface area contributed by atoms with Crippen LogP contribution in [0.3, 0.4) is 0 Å². The maximum atomic E-state index is 12.3. The predicted octanol–water partition coefficient (Wildman–Crippen LogP) is 1.04. The van der Waals surface area contributed by atoms with Crippen LogP contribution in [-0.2, 0) is 16.8 Å². The largest absolute Gasteiger partial charge is 0.398 e. The molecule has 2 N–H and O–H groups in total. The van der Waals surface area contributed by atoms with Crippen LogP contribution in [0.1, 0.15) is 18.4 Å². The lowest BCUT2D eigenvalue weighted by Gasteiger charge is -2.24. The predicted molar refractivity (Wildman–Crippen MR) is 72.0 cm³/mol. The third-order valence-corrected chi connectivity index (χ3v) is 5.17. The van der Waals surface area contributed by atoms with Crippen LogP contribution in [0.5, 0.6) is 0 Å². The summed E-state index contributed by atoms with van der Waals surface area (Å²) in [6, 6.07) is 7.34. The summed E-state index contributed by atoms with van der Waals surface area (Å²) in [7, 11) is -1.75. The minimum Gasteiger partial charge on any atom is -0.398 e. The summed E-state index contributed by atoms with van der Waals surface area (Å²) in [5, 5.41) is 0. The molecule has 18 heavy (non-hydrogen) atoms. The first-order chi connectivity index (χ1) is 8.51. The van der Waals surface area contributed by atoms with Gasteiger partial charge in [-0.25, -0.2) is 0 Å². The van der Waals surface area contributed by atoms with Crippen molar-refractivity contribution in [2.75, 3.05) is 25.9 Å². The molecule has 1 saturated heterocycles. The average molecular weight is 269 g/mol. The van der Waals surface area contributed by atoms with E-state index in [4.69, 9.17) is 5.73 Å². The van der Waals surface area contributed by atoms with Gasteiger partial charge in [0.15, 0.2) is 0 Å². The van der Waals surface area contributed by atoms with E-state index < -0.39 is 10.2 Å². The van der Waals surface area contributed by atoms with Crippen molar-refractivity contribution in [2.24, 2.45) is 0 Å². The van der Waals surface area contributed by atoms with Gasteiger partial charge in [0.05, 0.1) is 0 Å². The Hall–Kier alpha value is -1.11. The minimum absolute atomic E-state index is 0.311. The van der Waals surface area contributed by atoms with E-state index in [2.05, 4.69) is 0 Å². The van der Waals surface area contributed by atoms with E-state index in [9.17, 15) is 8.42 Å². The second kappa shape index (κ2) is 5.26. The second-order valence-electron chi connectivity index (χ2n) is 4.57. The zero-order chi connectivity index (χ0) is 13.2. The van der Waals surface area contributed by atoms with E-state index in [1.54, 1.807) is 13.1 Å². The Labute approximate surface area is 108 Å². The maximum absolute atomic E-state index is 12.3. The third kappa shape index (κ3) is 2.66. The molecule has 6 heteroatoms. The van der Waals surface area contributed by atoms with E-state index in [1.165, 1.54) is 8.61 Å². The van der Waals surface area contributed by atoms with Gasteiger partial charge < -0.3 is 5.73 Å². The van der Waals surface area contributed by atoms with Crippen molar-refractivity contribution in [2.45, 2.75) is 19.4 Å². The average Bonchev–Trinajstić information content (AvgIpc) is 2.86. The van der Waals surface area contributed by atoms with Crippen molar-refractivity contribution in [3.63, 3.8) is 0 Å². The van der Waals surface area contributed by atoms with Gasteiger partial charge in [-0.1, -0.05) is 18.2 Å². The summed E-state index contributed by atoms with van der Waals surface area (Å²) in [6.07, 6.45) is 1.89. The Morgan fingerprint density at radius 3 is 2.50 bits per heavy atom. The molecule has 5 nitrogen and oxygen atoms in total. The molecule has 0 amide bonds. The molecule has 0 aromatic heterocycles. The van der Waals surface area contributed by atoms with E-state index in [-0.39, 0.29) is 0 Å². The van der Waals surface area contributed by atoms with Crippen molar-refractivity contribution in [3.8, 4) is 0 Å². The molecular formula is C12H19N3O2S. The molecule has 0 unspecified atom stereocenters. The van der Waals surface area contributed by atoms with Gasteiger partial charge in [-0.2, -0.15) is 17.0 Å². The standard InChI is InChI=1S/C12H19N3O2S/c1-14(10-11-6-2-3-7-12(11)13)18(16,17)15-8-4-5-9-15/h2-3,6-7H,4-5,8-10,13H2,1H3. The Kier molecular flexibility index (Phi) is 3.89. The number of nitrogens with two attached hydrogens (primary N) is 1. The fourth-order valence-corrected chi connectivity index (χ4v) is 3.53. The van der Waals surface area contributed by atoms with Crippen LogP contribution in [0.15, 0.2) is 24.3 Å². The van der Waals surface area contributed by atoms with Crippen LogP contribution in [0.25, 0.3) is 0 Å². The molecule has 0 aliphatic carbocycles. The van der Waals surface area contributed by atoms with E-state index >= 15 is 0 Å². The van der Waals surface area contributed by atoms with Gasteiger partial charge in [-0.15, -0.1) is 0 Å². The summed E-state index contributed by atoms with van der Waals surface area (Å²) < 4.78 is 27.4. The van der Waals surface area contributed by atoms with Gasteiger partial charge in [-0.05, 0) is 24.5 Å². The molecule has 1 heterocycles. The zero-order valence-electron chi connectivity index (χ0n) is 10.5. The fraction of sp³-hybridized carbons (Fsp3) is 0.500. The number of benzene rings is 1. The fourth-order valence-electron chi connectivity index (χ4n) is 2.12. The summed E-state index contributed by atoms with van der Waals surface area (Å²) in [5.74, 6) is 0. The molecule has 0 bridgehead atoms. The molecule has 1 aromatic rings. The molecule has 1 aliphatic heterocycles. The molecular weight excluding hydrogens is 250 g/mol. The number of para-hydroxylation sites is 1. The number of hydrogen-bond donors (Lipinski definition) is 1. The molecule has 0 spiro atoms. The highest BCUT2D eigenvalue weighted by molar-refractivity contribution is 7.86. The van der Waals surface area contributed by atoms with Gasteiger partial charge >= 0.3 is 0 Å². The van der Waals surface area contributed by atoms with Crippen molar-refractivity contribution >= 4 is 15.9 Å². The van der Waals surface area contributed by atoms with Gasteiger partial charge in [0.25, 0.3) is 10.2 Å². The lowest BCUT2D eigenvalue weighted by Crippen LogP contribution is -2.39. The van der Waals surface area contributed by atoms with Crippen LogP contribution in [0, 0.1) is 0 Å². The molecule has 0 atom stereocenters. The normalized spacial score (nSPS) is 17.4. The number of hydrogen-bond acceptors (Lipinski definition) is 3. The lowest BCUT2D eigenvalue weighted by molar-refractivity contribution is 0.392. The van der Waals surface area contributed by atoms with Crippen LogP contribution >= 0.6 is 0 Å². The quantitative estimate of drug-likeness (QED) is 0.831. The smallest absolute Gasteiger partial charge is 0.282 e. The Morgan fingerprint density at radius 1 is 1.28 bits per heavy atom. The minimum atomic E-state index is -3.34. The number of nitrogen functional groups attached to an aromatic ring is 1. The van der Waals surface area contributed by atoms with Crippen molar-refractivity contribution in [1.82, 2.24) is 8.61 Å². The molecule has 1 aliphatic rings. The SMILES string of the molecule is CN(Cc1ccccc1N)S(=O)(=O)N1CCCC1.